The van der Waals surface area contributed by atoms with Gasteiger partial charge in [0.2, 0.25) is 0 Å². The van der Waals surface area contributed by atoms with Crippen molar-refractivity contribution in [3.8, 4) is 0 Å². The molecule has 0 aliphatic carbocycles. The number of H-pyrrole nitrogens is 1. The largest absolute Gasteiger partial charge is 0.434 e. The molecule has 0 aliphatic heterocycles. The molecule has 144 valence electrons. The summed E-state index contributed by atoms with van der Waals surface area (Å²) in [6, 6.07) is 8.12. The van der Waals surface area contributed by atoms with E-state index in [9.17, 15) is 13.2 Å². The summed E-state index contributed by atoms with van der Waals surface area (Å²) in [5.41, 5.74) is 1.50. The molecule has 0 amide bonds. The molecule has 0 spiro atoms. The summed E-state index contributed by atoms with van der Waals surface area (Å²) in [7, 11) is 1.66. The third kappa shape index (κ3) is 5.00. The summed E-state index contributed by atoms with van der Waals surface area (Å²) in [6.45, 7) is 1.15. The summed E-state index contributed by atoms with van der Waals surface area (Å²) >= 11 is 1.02. The maximum atomic E-state index is 12.6. The lowest BCUT2D eigenvalue weighted by Crippen LogP contribution is -2.39. The number of benzene rings is 1. The Morgan fingerprint density at radius 3 is 2.63 bits per heavy atom. The number of thiazole rings is 1. The van der Waals surface area contributed by atoms with Gasteiger partial charge in [-0.05, 0) is 18.1 Å². The lowest BCUT2D eigenvalue weighted by atomic mass is 10.1. The van der Waals surface area contributed by atoms with E-state index in [0.717, 1.165) is 28.7 Å². The van der Waals surface area contributed by atoms with Gasteiger partial charge < -0.3 is 15.6 Å². The number of aliphatic imine (C=N–C) groups is 1. The number of nitrogens with one attached hydrogen (secondary N) is 3. The Balaban J connectivity index is 1.44. The highest BCUT2D eigenvalue weighted by Crippen LogP contribution is 2.30. The second-order valence-corrected chi connectivity index (χ2v) is 6.85. The minimum atomic E-state index is -4.39. The van der Waals surface area contributed by atoms with Gasteiger partial charge in [-0.15, -0.1) is 11.3 Å². The van der Waals surface area contributed by atoms with Crippen LogP contribution in [0.1, 0.15) is 16.3 Å². The van der Waals surface area contributed by atoms with Gasteiger partial charge in [-0.25, -0.2) is 4.98 Å². The number of aromatic amines is 1. The van der Waals surface area contributed by atoms with Crippen LogP contribution in [0.4, 0.5) is 13.2 Å². The lowest BCUT2D eigenvalue weighted by molar-refractivity contribution is -0.140. The number of aromatic nitrogens is 2. The Morgan fingerprint density at radius 1 is 1.19 bits per heavy atom. The predicted molar refractivity (Wildman–Crippen MR) is 102 cm³/mol. The van der Waals surface area contributed by atoms with Crippen LogP contribution in [0.15, 0.2) is 40.8 Å². The van der Waals surface area contributed by atoms with E-state index in [-0.39, 0.29) is 0 Å². The zero-order chi connectivity index (χ0) is 19.3. The number of hydrogen-bond acceptors (Lipinski definition) is 3. The van der Waals surface area contributed by atoms with E-state index in [1.165, 1.54) is 10.9 Å². The van der Waals surface area contributed by atoms with E-state index in [0.29, 0.717) is 30.5 Å². The summed E-state index contributed by atoms with van der Waals surface area (Å²) in [5, 5.41) is 9.01. The molecule has 0 fully saturated rings. The molecule has 2 aromatic heterocycles. The van der Waals surface area contributed by atoms with Crippen LogP contribution in [0.3, 0.4) is 0 Å². The van der Waals surface area contributed by atoms with Crippen molar-refractivity contribution in [1.82, 2.24) is 20.6 Å². The van der Waals surface area contributed by atoms with Gasteiger partial charge >= 0.3 is 6.18 Å². The van der Waals surface area contributed by atoms with Gasteiger partial charge in [0.15, 0.2) is 11.7 Å². The Labute approximate surface area is 158 Å². The van der Waals surface area contributed by atoms with E-state index in [1.54, 1.807) is 7.05 Å². The highest BCUT2D eigenvalue weighted by molar-refractivity contribution is 7.09. The molecule has 0 radical (unpaired) electrons. The number of rotatable bonds is 6. The van der Waals surface area contributed by atoms with Gasteiger partial charge in [0.1, 0.15) is 0 Å². The van der Waals surface area contributed by atoms with Crippen LogP contribution in [-0.4, -0.2) is 36.1 Å². The Hall–Kier alpha value is -2.55. The van der Waals surface area contributed by atoms with Gasteiger partial charge in [0.05, 0.1) is 5.01 Å². The van der Waals surface area contributed by atoms with Crippen LogP contribution in [0.2, 0.25) is 0 Å². The minimum Gasteiger partial charge on any atom is -0.361 e. The SMILES string of the molecule is CN=C(NCCc1nc(C(F)(F)F)cs1)NCCc1c[nH]c2ccccc12. The van der Waals surface area contributed by atoms with Crippen molar-refractivity contribution in [2.24, 2.45) is 4.99 Å². The summed E-state index contributed by atoms with van der Waals surface area (Å²) < 4.78 is 37.7. The van der Waals surface area contributed by atoms with Gasteiger partial charge in [-0.1, -0.05) is 18.2 Å². The topological polar surface area (TPSA) is 65.1 Å². The summed E-state index contributed by atoms with van der Waals surface area (Å²) in [4.78, 5) is 11.0. The van der Waals surface area contributed by atoms with Gasteiger partial charge in [0, 0.05) is 49.0 Å². The van der Waals surface area contributed by atoms with Gasteiger partial charge in [-0.2, -0.15) is 13.2 Å². The van der Waals surface area contributed by atoms with Crippen molar-refractivity contribution in [2.75, 3.05) is 20.1 Å². The van der Waals surface area contributed by atoms with E-state index in [4.69, 9.17) is 0 Å². The molecule has 9 heteroatoms. The lowest BCUT2D eigenvalue weighted by Gasteiger charge is -2.11. The quantitative estimate of drug-likeness (QED) is 0.441. The second-order valence-electron chi connectivity index (χ2n) is 5.91. The molecule has 5 nitrogen and oxygen atoms in total. The molecule has 3 rings (SSSR count). The molecule has 0 saturated heterocycles. The first kappa shape index (κ1) is 19.2. The van der Waals surface area contributed by atoms with Crippen LogP contribution in [0.5, 0.6) is 0 Å². The van der Waals surface area contributed by atoms with Crippen molar-refractivity contribution >= 4 is 28.2 Å². The van der Waals surface area contributed by atoms with Gasteiger partial charge in [-0.3, -0.25) is 4.99 Å². The standard InChI is InChI=1S/C18H20F3N5S/c1-22-17(24-9-7-16-26-15(11-27-16)18(19,20)21)23-8-6-12-10-25-14-5-3-2-4-13(12)14/h2-5,10-11,25H,6-9H2,1H3,(H2,22,23,24). The first-order valence-corrected chi connectivity index (χ1v) is 9.36. The molecule has 0 saturated carbocycles. The number of halogens is 3. The number of nitrogens with zero attached hydrogens (tertiary/aromatic N) is 2. The van der Waals surface area contributed by atoms with Crippen LogP contribution in [0.25, 0.3) is 10.9 Å². The zero-order valence-electron chi connectivity index (χ0n) is 14.7. The van der Waals surface area contributed by atoms with E-state index in [2.05, 4.69) is 31.7 Å². The summed E-state index contributed by atoms with van der Waals surface area (Å²) in [5.74, 6) is 0.613. The van der Waals surface area contributed by atoms with E-state index in [1.807, 2.05) is 24.4 Å². The van der Waals surface area contributed by atoms with Crippen molar-refractivity contribution < 1.29 is 13.2 Å². The molecule has 3 aromatic rings. The van der Waals surface area contributed by atoms with Gasteiger partial charge in [0.25, 0.3) is 0 Å². The molecule has 0 bridgehead atoms. The molecule has 0 aliphatic rings. The molecule has 3 N–H and O–H groups in total. The monoisotopic (exact) mass is 395 g/mol. The van der Waals surface area contributed by atoms with E-state index < -0.39 is 11.9 Å². The molecule has 1 aromatic carbocycles. The number of hydrogen-bond donors (Lipinski definition) is 3. The van der Waals surface area contributed by atoms with Crippen LogP contribution < -0.4 is 10.6 Å². The minimum absolute atomic E-state index is 0.407. The van der Waals surface area contributed by atoms with Crippen LogP contribution >= 0.6 is 11.3 Å². The fourth-order valence-electron chi connectivity index (χ4n) is 2.72. The van der Waals surface area contributed by atoms with Crippen molar-refractivity contribution in [1.29, 1.82) is 0 Å². The van der Waals surface area contributed by atoms with Crippen molar-refractivity contribution in [3.63, 3.8) is 0 Å². The molecule has 0 unspecified atom stereocenters. The first-order valence-electron chi connectivity index (χ1n) is 8.48. The average Bonchev–Trinajstić information content (AvgIpc) is 3.27. The van der Waals surface area contributed by atoms with Crippen molar-refractivity contribution in [2.45, 2.75) is 19.0 Å². The maximum Gasteiger partial charge on any atom is 0.434 e. The van der Waals surface area contributed by atoms with E-state index >= 15 is 0 Å². The molecular weight excluding hydrogens is 375 g/mol. The highest BCUT2D eigenvalue weighted by Gasteiger charge is 2.33. The summed E-state index contributed by atoms with van der Waals surface area (Å²) in [6.07, 6.45) is -1.15. The fraction of sp³-hybridized carbons (Fsp3) is 0.333. The van der Waals surface area contributed by atoms with Crippen molar-refractivity contribution in [3.05, 3.63) is 52.1 Å². The Kier molecular flexibility index (Phi) is 6.00. The molecular formula is C18H20F3N5S. The maximum absolute atomic E-state index is 12.6. The normalized spacial score (nSPS) is 12.5. The Bertz CT molecular complexity index is 913. The number of para-hydroxylation sites is 1. The fourth-order valence-corrected chi connectivity index (χ4v) is 3.52. The first-order chi connectivity index (χ1) is 13.0. The smallest absolute Gasteiger partial charge is 0.361 e. The zero-order valence-corrected chi connectivity index (χ0v) is 15.5. The van der Waals surface area contributed by atoms with Crippen LogP contribution in [0, 0.1) is 0 Å². The predicted octanol–water partition coefficient (Wildman–Crippen LogP) is 3.59. The third-order valence-electron chi connectivity index (χ3n) is 4.06. The molecule has 2 heterocycles. The third-order valence-corrected chi connectivity index (χ3v) is 4.97. The molecule has 0 atom stereocenters. The average molecular weight is 395 g/mol. The van der Waals surface area contributed by atoms with Crippen LogP contribution in [-0.2, 0) is 19.0 Å². The second kappa shape index (κ2) is 8.43. The number of guanidine groups is 1. The highest BCUT2D eigenvalue weighted by atomic mass is 32.1. The number of fused-ring (bicyclic) bond motifs is 1. The number of alkyl halides is 3. The Morgan fingerprint density at radius 2 is 1.93 bits per heavy atom. The molecule has 27 heavy (non-hydrogen) atoms.